The summed E-state index contributed by atoms with van der Waals surface area (Å²) < 4.78 is 5.26. The predicted molar refractivity (Wildman–Crippen MR) is 49.9 cm³/mol. The zero-order valence-corrected chi connectivity index (χ0v) is 8.33. The van der Waals surface area contributed by atoms with Gasteiger partial charge in [-0.3, -0.25) is 0 Å². The van der Waals surface area contributed by atoms with Crippen LogP contribution in [-0.4, -0.2) is 61.2 Å². The lowest BCUT2D eigenvalue weighted by atomic mass is 10.4. The fraction of sp³-hybridized carbons (Fsp3) is 1.00. The number of rotatable bonds is 7. The Kier molecular flexibility index (Phi) is 6.78. The Balaban J connectivity index is 3.80. The maximum Gasteiger partial charge on any atom is 0.110 e. The summed E-state index contributed by atoms with van der Waals surface area (Å²) in [4.78, 5) is 0. The van der Waals surface area contributed by atoms with Crippen molar-refractivity contribution < 1.29 is 18.9 Å². The van der Waals surface area contributed by atoms with Gasteiger partial charge in [0.2, 0.25) is 0 Å². The lowest BCUT2D eigenvalue weighted by Crippen LogP contribution is -2.49. The zero-order valence-electron chi connectivity index (χ0n) is 7.44. The van der Waals surface area contributed by atoms with Crippen molar-refractivity contribution in [2.45, 2.75) is 0 Å². The standard InChI is InChI=1S/C7H17NO3S/c1-8(2-5-9,3-6-10)4-7-11-12/h9-10H,2-7H2,1H3/p+1. The molecule has 0 fully saturated rings. The van der Waals surface area contributed by atoms with E-state index in [0.717, 1.165) is 6.54 Å². The molecule has 0 heterocycles. The molecule has 74 valence electrons. The lowest BCUT2D eigenvalue weighted by Gasteiger charge is -2.32. The van der Waals surface area contributed by atoms with Crippen molar-refractivity contribution in [3.8, 4) is 0 Å². The summed E-state index contributed by atoms with van der Waals surface area (Å²) in [7, 11) is 1.97. The minimum Gasteiger partial charge on any atom is -0.391 e. The van der Waals surface area contributed by atoms with Gasteiger partial charge in [0.05, 0.1) is 20.3 Å². The predicted octanol–water partition coefficient (Wildman–Crippen LogP) is -0.721. The Labute approximate surface area is 79.0 Å². The second kappa shape index (κ2) is 6.68. The number of likely N-dealkylation sites (N-methyl/N-ethyl adjacent to an activating group) is 1. The van der Waals surface area contributed by atoms with Crippen LogP contribution in [0.2, 0.25) is 0 Å². The summed E-state index contributed by atoms with van der Waals surface area (Å²) >= 11 is 3.63. The third-order valence-corrected chi connectivity index (χ3v) is 2.18. The molecular weight excluding hydrogens is 178 g/mol. The van der Waals surface area contributed by atoms with Crippen molar-refractivity contribution in [3.63, 3.8) is 0 Å². The number of hydrogen-bond acceptors (Lipinski definition) is 4. The molecule has 0 aromatic heterocycles. The molecule has 0 aliphatic carbocycles. The van der Waals surface area contributed by atoms with Crippen LogP contribution in [0.3, 0.4) is 0 Å². The van der Waals surface area contributed by atoms with Crippen molar-refractivity contribution in [3.05, 3.63) is 0 Å². The van der Waals surface area contributed by atoms with E-state index in [1.165, 1.54) is 0 Å². The second-order valence-electron chi connectivity index (χ2n) is 3.07. The summed E-state index contributed by atoms with van der Waals surface area (Å²) in [5.74, 6) is 0. The average molecular weight is 196 g/mol. The van der Waals surface area contributed by atoms with Crippen LogP contribution >= 0.6 is 12.9 Å². The highest BCUT2D eigenvalue weighted by Gasteiger charge is 2.19. The van der Waals surface area contributed by atoms with E-state index in [2.05, 4.69) is 17.1 Å². The number of nitrogens with zero attached hydrogens (tertiary/aromatic N) is 1. The zero-order chi connectivity index (χ0) is 9.45. The molecule has 0 atom stereocenters. The summed E-state index contributed by atoms with van der Waals surface area (Å²) in [6.07, 6.45) is 0. The van der Waals surface area contributed by atoms with E-state index in [0.29, 0.717) is 24.2 Å². The van der Waals surface area contributed by atoms with E-state index < -0.39 is 0 Å². The van der Waals surface area contributed by atoms with Crippen LogP contribution in [-0.2, 0) is 4.18 Å². The first-order valence-electron chi connectivity index (χ1n) is 4.00. The van der Waals surface area contributed by atoms with Crippen LogP contribution in [0, 0.1) is 0 Å². The average Bonchev–Trinajstić information content (AvgIpc) is 2.02. The van der Waals surface area contributed by atoms with Crippen molar-refractivity contribution >= 4 is 12.9 Å². The Morgan fingerprint density at radius 1 is 1.17 bits per heavy atom. The highest BCUT2D eigenvalue weighted by molar-refractivity contribution is 7.75. The van der Waals surface area contributed by atoms with E-state index in [-0.39, 0.29) is 13.2 Å². The Morgan fingerprint density at radius 3 is 2.00 bits per heavy atom. The van der Waals surface area contributed by atoms with Gasteiger partial charge in [0.15, 0.2) is 0 Å². The van der Waals surface area contributed by atoms with E-state index in [1.54, 1.807) is 0 Å². The third kappa shape index (κ3) is 4.95. The third-order valence-electron chi connectivity index (χ3n) is 2.00. The molecule has 0 rings (SSSR count). The van der Waals surface area contributed by atoms with Crippen LogP contribution in [0.5, 0.6) is 0 Å². The van der Waals surface area contributed by atoms with Gasteiger partial charge in [-0.1, -0.05) is 0 Å². The van der Waals surface area contributed by atoms with Crippen LogP contribution < -0.4 is 0 Å². The van der Waals surface area contributed by atoms with Gasteiger partial charge >= 0.3 is 0 Å². The maximum atomic E-state index is 8.77. The van der Waals surface area contributed by atoms with Crippen LogP contribution in [0.1, 0.15) is 0 Å². The van der Waals surface area contributed by atoms with Gasteiger partial charge in [-0.25, -0.2) is 0 Å². The summed E-state index contributed by atoms with van der Waals surface area (Å²) in [6.45, 7) is 2.81. The van der Waals surface area contributed by atoms with Crippen molar-refractivity contribution in [2.24, 2.45) is 0 Å². The molecule has 0 spiro atoms. The van der Waals surface area contributed by atoms with Crippen molar-refractivity contribution in [1.29, 1.82) is 0 Å². The minimum atomic E-state index is 0.128. The normalized spacial score (nSPS) is 12.0. The number of thiol groups is 1. The molecule has 2 N–H and O–H groups in total. The topological polar surface area (TPSA) is 49.7 Å². The smallest absolute Gasteiger partial charge is 0.110 e. The Hall–Kier alpha value is 0.190. The van der Waals surface area contributed by atoms with Gasteiger partial charge in [0, 0.05) is 0 Å². The number of aliphatic hydroxyl groups is 2. The van der Waals surface area contributed by atoms with Gasteiger partial charge in [-0.05, 0) is 12.9 Å². The quantitative estimate of drug-likeness (QED) is 0.286. The summed E-state index contributed by atoms with van der Waals surface area (Å²) in [5.41, 5.74) is 0. The molecule has 5 heteroatoms. The molecule has 0 unspecified atom stereocenters. The lowest BCUT2D eigenvalue weighted by molar-refractivity contribution is -0.910. The molecule has 0 aromatic rings. The van der Waals surface area contributed by atoms with Crippen molar-refractivity contribution in [1.82, 2.24) is 0 Å². The largest absolute Gasteiger partial charge is 0.391 e. The number of aliphatic hydroxyl groups excluding tert-OH is 2. The first kappa shape index (κ1) is 12.2. The van der Waals surface area contributed by atoms with Gasteiger partial charge in [0.25, 0.3) is 0 Å². The first-order chi connectivity index (χ1) is 5.68. The van der Waals surface area contributed by atoms with Gasteiger partial charge < -0.3 is 18.9 Å². The van der Waals surface area contributed by atoms with Crippen LogP contribution in [0.15, 0.2) is 0 Å². The molecule has 0 aliphatic heterocycles. The van der Waals surface area contributed by atoms with E-state index >= 15 is 0 Å². The molecule has 0 radical (unpaired) electrons. The van der Waals surface area contributed by atoms with Crippen molar-refractivity contribution in [2.75, 3.05) is 46.5 Å². The summed E-state index contributed by atoms with van der Waals surface area (Å²) in [6, 6.07) is 0. The second-order valence-corrected chi connectivity index (χ2v) is 3.33. The highest BCUT2D eigenvalue weighted by Crippen LogP contribution is 2.00. The molecule has 0 aliphatic rings. The molecule has 0 saturated carbocycles. The van der Waals surface area contributed by atoms with Crippen LogP contribution in [0.4, 0.5) is 0 Å². The molecule has 0 aromatic carbocycles. The monoisotopic (exact) mass is 196 g/mol. The van der Waals surface area contributed by atoms with Gasteiger partial charge in [-0.2, -0.15) is 0 Å². The SMILES string of the molecule is C[N+](CCO)(CCO)CCOS. The van der Waals surface area contributed by atoms with E-state index in [4.69, 9.17) is 10.2 Å². The molecular formula is C7H18NO3S+. The molecule has 12 heavy (non-hydrogen) atoms. The Bertz CT molecular complexity index is 107. The molecule has 0 saturated heterocycles. The first-order valence-corrected chi connectivity index (χ1v) is 4.36. The van der Waals surface area contributed by atoms with E-state index in [1.807, 2.05) is 7.05 Å². The Morgan fingerprint density at radius 2 is 1.67 bits per heavy atom. The molecule has 0 amide bonds. The van der Waals surface area contributed by atoms with Crippen LogP contribution in [0.25, 0.3) is 0 Å². The maximum absolute atomic E-state index is 8.77. The number of hydrogen-bond donors (Lipinski definition) is 3. The molecule has 0 bridgehead atoms. The summed E-state index contributed by atoms with van der Waals surface area (Å²) in [5, 5.41) is 17.5. The highest BCUT2D eigenvalue weighted by atomic mass is 32.1. The van der Waals surface area contributed by atoms with Gasteiger partial charge in [-0.15, -0.1) is 0 Å². The number of quaternary nitrogens is 1. The molecule has 4 nitrogen and oxygen atoms in total. The minimum absolute atomic E-state index is 0.128. The fourth-order valence-electron chi connectivity index (χ4n) is 1.08. The van der Waals surface area contributed by atoms with E-state index in [9.17, 15) is 0 Å². The van der Waals surface area contributed by atoms with Gasteiger partial charge in [0.1, 0.15) is 26.2 Å². The fourth-order valence-corrected chi connectivity index (χ4v) is 1.16.